The lowest BCUT2D eigenvalue weighted by Crippen LogP contribution is -2.28. The van der Waals surface area contributed by atoms with Crippen LogP contribution >= 0.6 is 31.9 Å². The summed E-state index contributed by atoms with van der Waals surface area (Å²) in [5, 5.41) is 26.1. The van der Waals surface area contributed by atoms with Crippen LogP contribution in [0, 0.1) is 0 Å². The second-order valence-corrected chi connectivity index (χ2v) is 17.3. The molecular weight excluding hydrogens is 836 g/mol. The Labute approximate surface area is 354 Å². The summed E-state index contributed by atoms with van der Waals surface area (Å²) in [7, 11) is 0. The van der Waals surface area contributed by atoms with Crippen molar-refractivity contribution in [2.45, 2.75) is 194 Å². The molecule has 2 aromatic carbocycles. The molecule has 0 aliphatic rings. The molecule has 10 heteroatoms. The molecule has 2 amide bonds. The van der Waals surface area contributed by atoms with Crippen LogP contribution in [-0.2, 0) is 0 Å². The number of nitrogens with one attached hydrogen (secondary N) is 2. The van der Waals surface area contributed by atoms with Gasteiger partial charge in [-0.3, -0.25) is 9.59 Å². The van der Waals surface area contributed by atoms with Gasteiger partial charge in [0.05, 0.1) is 16.7 Å². The van der Waals surface area contributed by atoms with Gasteiger partial charge in [-0.2, -0.15) is 0 Å². The molecule has 8 nitrogen and oxygen atoms in total. The number of unbranched alkanes of at least 4 members (excludes halogenated alkanes) is 26. The van der Waals surface area contributed by atoms with Crippen LogP contribution in [0.5, 0.6) is 0 Å². The zero-order valence-corrected chi connectivity index (χ0v) is 37.8. The van der Waals surface area contributed by atoms with E-state index in [2.05, 4.69) is 56.3 Å². The van der Waals surface area contributed by atoms with Crippen molar-refractivity contribution in [1.29, 1.82) is 0 Å². The van der Waals surface area contributed by atoms with E-state index in [9.17, 15) is 29.4 Å². The van der Waals surface area contributed by atoms with Crippen molar-refractivity contribution in [3.8, 4) is 0 Å². The van der Waals surface area contributed by atoms with Crippen molar-refractivity contribution < 1.29 is 29.4 Å². The summed E-state index contributed by atoms with van der Waals surface area (Å²) >= 11 is 6.68. The summed E-state index contributed by atoms with van der Waals surface area (Å²) in [5.41, 5.74) is -0.524. The Morgan fingerprint density at radius 3 is 1.09 bits per heavy atom. The maximum Gasteiger partial charge on any atom is 0.337 e. The first-order valence-corrected chi connectivity index (χ1v) is 23.8. The SMILES string of the molecule is CCCCCCCCCCCCCCCCNC(=O)c1cc(Br)c(C(=O)NCCCCCCCCCCCCCCCC)c2c(C(=O)O)cc(Br)c(C(=O)O)c12. The van der Waals surface area contributed by atoms with Crippen LogP contribution in [0.4, 0.5) is 0 Å². The Hall–Kier alpha value is -2.46. The fraction of sp³-hybridized carbons (Fsp3) is 0.696. The average Bonchev–Trinajstić information content (AvgIpc) is 3.16. The van der Waals surface area contributed by atoms with Crippen molar-refractivity contribution in [3.05, 3.63) is 43.3 Å². The van der Waals surface area contributed by atoms with Gasteiger partial charge in [0, 0.05) is 38.4 Å². The predicted molar refractivity (Wildman–Crippen MR) is 239 cm³/mol. The zero-order valence-electron chi connectivity index (χ0n) is 34.7. The molecule has 0 aliphatic heterocycles. The van der Waals surface area contributed by atoms with E-state index < -0.39 is 23.8 Å². The molecular formula is C46H72Br2N2O6. The Balaban J connectivity index is 1.93. The molecule has 0 fully saturated rings. The van der Waals surface area contributed by atoms with Crippen LogP contribution in [-0.4, -0.2) is 47.1 Å². The number of hydrogen-bond acceptors (Lipinski definition) is 4. The fourth-order valence-electron chi connectivity index (χ4n) is 7.57. The number of carboxylic acid groups (broad SMARTS) is 2. The number of amides is 2. The fourth-order valence-corrected chi connectivity index (χ4v) is 8.78. The van der Waals surface area contributed by atoms with Crippen molar-refractivity contribution in [2.24, 2.45) is 0 Å². The minimum absolute atomic E-state index is 0.00119. The summed E-state index contributed by atoms with van der Waals surface area (Å²) in [4.78, 5) is 52.4. The molecule has 0 aromatic heterocycles. The van der Waals surface area contributed by atoms with Gasteiger partial charge < -0.3 is 20.8 Å². The molecule has 0 bridgehead atoms. The molecule has 0 unspecified atom stereocenters. The number of carbonyl (C=O) groups excluding carboxylic acids is 2. The van der Waals surface area contributed by atoms with Crippen LogP contribution in [0.3, 0.4) is 0 Å². The van der Waals surface area contributed by atoms with E-state index in [-0.39, 0.29) is 42.0 Å². The van der Waals surface area contributed by atoms with Gasteiger partial charge in [-0.1, -0.05) is 181 Å². The van der Waals surface area contributed by atoms with Crippen LogP contribution in [0.15, 0.2) is 21.1 Å². The van der Waals surface area contributed by atoms with Crippen LogP contribution in [0.25, 0.3) is 10.8 Å². The quantitative estimate of drug-likeness (QED) is 0.0517. The molecule has 316 valence electrons. The van der Waals surface area contributed by atoms with Crippen LogP contribution < -0.4 is 10.6 Å². The summed E-state index contributed by atoms with van der Waals surface area (Å²) in [5.74, 6) is -3.71. The van der Waals surface area contributed by atoms with Gasteiger partial charge in [-0.05, 0) is 56.8 Å². The normalized spacial score (nSPS) is 11.3. The largest absolute Gasteiger partial charge is 0.478 e. The molecule has 0 saturated carbocycles. The van der Waals surface area contributed by atoms with Crippen molar-refractivity contribution in [2.75, 3.05) is 13.1 Å². The van der Waals surface area contributed by atoms with E-state index in [1.807, 2.05) is 0 Å². The molecule has 0 radical (unpaired) electrons. The number of benzene rings is 2. The number of halogens is 2. The highest BCUT2D eigenvalue weighted by molar-refractivity contribution is 9.10. The molecule has 0 saturated heterocycles. The Morgan fingerprint density at radius 1 is 0.429 bits per heavy atom. The second-order valence-electron chi connectivity index (χ2n) is 15.6. The summed E-state index contributed by atoms with van der Waals surface area (Å²) in [6.07, 6.45) is 34.3. The first kappa shape index (κ1) is 49.7. The smallest absolute Gasteiger partial charge is 0.337 e. The van der Waals surface area contributed by atoms with Crippen LogP contribution in [0.1, 0.15) is 235 Å². The van der Waals surface area contributed by atoms with Crippen molar-refractivity contribution in [3.63, 3.8) is 0 Å². The van der Waals surface area contributed by atoms with Gasteiger partial charge in [0.1, 0.15) is 0 Å². The summed E-state index contributed by atoms with van der Waals surface area (Å²) in [6.45, 7) is 5.30. The minimum atomic E-state index is -1.34. The first-order chi connectivity index (χ1) is 27.1. The number of carboxylic acids is 2. The van der Waals surface area contributed by atoms with E-state index in [0.717, 1.165) is 38.5 Å². The lowest BCUT2D eigenvalue weighted by Gasteiger charge is -2.18. The third-order valence-electron chi connectivity index (χ3n) is 10.9. The monoisotopic (exact) mass is 906 g/mol. The third-order valence-corrected chi connectivity index (χ3v) is 12.1. The van der Waals surface area contributed by atoms with Gasteiger partial charge in [0.15, 0.2) is 0 Å². The van der Waals surface area contributed by atoms with Gasteiger partial charge in [0.2, 0.25) is 0 Å². The molecule has 0 heterocycles. The highest BCUT2D eigenvalue weighted by Gasteiger charge is 2.29. The Kier molecular flexibility index (Phi) is 27.1. The summed E-state index contributed by atoms with van der Waals surface area (Å²) in [6, 6.07) is 2.63. The zero-order chi connectivity index (χ0) is 41.0. The predicted octanol–water partition coefficient (Wildman–Crippen LogP) is 14.2. The maximum absolute atomic E-state index is 13.7. The molecule has 56 heavy (non-hydrogen) atoms. The number of aromatic carboxylic acids is 2. The first-order valence-electron chi connectivity index (χ1n) is 22.2. The lowest BCUT2D eigenvalue weighted by atomic mass is 9.90. The lowest BCUT2D eigenvalue weighted by molar-refractivity contribution is 0.0683. The highest BCUT2D eigenvalue weighted by Crippen LogP contribution is 2.38. The highest BCUT2D eigenvalue weighted by atomic mass is 79.9. The standard InChI is InChI=1S/C46H72Br2N2O6/c1-3-5-7-9-11-13-15-17-19-21-23-25-27-29-31-49-43(51)35-33-37(47)41(40-36(45(53)54)34-38(48)42(39(35)40)46(55)56)44(52)50-32-30-28-26-24-22-20-18-16-14-12-10-8-6-4-2/h33-34H,3-32H2,1-2H3,(H,49,51)(H,50,52)(H,53,54)(H,55,56). The van der Waals surface area contributed by atoms with Crippen molar-refractivity contribution in [1.82, 2.24) is 10.6 Å². The molecule has 0 spiro atoms. The topological polar surface area (TPSA) is 133 Å². The van der Waals surface area contributed by atoms with Gasteiger partial charge >= 0.3 is 11.9 Å². The molecule has 0 aliphatic carbocycles. The summed E-state index contributed by atoms with van der Waals surface area (Å²) < 4.78 is 0.248. The number of carbonyl (C=O) groups is 4. The van der Waals surface area contributed by atoms with Crippen molar-refractivity contribution >= 4 is 66.4 Å². The number of hydrogen-bond donors (Lipinski definition) is 4. The Bertz CT molecular complexity index is 1480. The van der Waals surface area contributed by atoms with E-state index in [0.29, 0.717) is 13.1 Å². The third kappa shape index (κ3) is 18.9. The van der Waals surface area contributed by atoms with E-state index in [1.54, 1.807) is 0 Å². The second kappa shape index (κ2) is 30.6. The maximum atomic E-state index is 13.7. The Morgan fingerprint density at radius 2 is 0.732 bits per heavy atom. The van der Waals surface area contributed by atoms with E-state index in [4.69, 9.17) is 0 Å². The number of rotatable bonds is 34. The van der Waals surface area contributed by atoms with Crippen LogP contribution in [0.2, 0.25) is 0 Å². The van der Waals surface area contributed by atoms with E-state index >= 15 is 0 Å². The van der Waals surface area contributed by atoms with Gasteiger partial charge in [-0.15, -0.1) is 0 Å². The van der Waals surface area contributed by atoms with E-state index in [1.165, 1.54) is 153 Å². The minimum Gasteiger partial charge on any atom is -0.478 e. The van der Waals surface area contributed by atoms with Gasteiger partial charge in [0.25, 0.3) is 11.8 Å². The average molecular weight is 909 g/mol. The van der Waals surface area contributed by atoms with Gasteiger partial charge in [-0.25, -0.2) is 9.59 Å². The molecule has 2 rings (SSSR count). The molecule has 4 N–H and O–H groups in total. The number of fused-ring (bicyclic) bond motifs is 1. The molecule has 2 aromatic rings. The molecule has 0 atom stereocenters.